The van der Waals surface area contributed by atoms with Crippen molar-refractivity contribution in [2.24, 2.45) is 0 Å². The molecule has 5 nitrogen and oxygen atoms in total. The fourth-order valence-corrected chi connectivity index (χ4v) is 1.08. The third-order valence-electron chi connectivity index (χ3n) is 1.75. The summed E-state index contributed by atoms with van der Waals surface area (Å²) in [6, 6.07) is 3.44. The lowest BCUT2D eigenvalue weighted by atomic mass is 10.2. The molecule has 1 aromatic heterocycles. The van der Waals surface area contributed by atoms with Gasteiger partial charge in [-0.3, -0.25) is 9.78 Å². The van der Waals surface area contributed by atoms with Gasteiger partial charge in [0.2, 0.25) is 5.91 Å². The molecule has 1 N–H and O–H groups in total. The van der Waals surface area contributed by atoms with E-state index in [2.05, 4.69) is 15.0 Å². The second kappa shape index (κ2) is 5.65. The quantitative estimate of drug-likeness (QED) is 0.602. The van der Waals surface area contributed by atoms with Gasteiger partial charge in [-0.05, 0) is 12.1 Å². The second-order valence-corrected chi connectivity index (χ2v) is 3.00. The molecule has 0 aliphatic carbocycles. The number of aromatic nitrogens is 1. The SMILES string of the molecule is COC(=O)/C=C(\NC(C)=O)c1cccnc1. The van der Waals surface area contributed by atoms with Crippen LogP contribution in [-0.2, 0) is 14.3 Å². The molecular weight excluding hydrogens is 208 g/mol. The molecule has 0 unspecified atom stereocenters. The highest BCUT2D eigenvalue weighted by Crippen LogP contribution is 2.09. The topological polar surface area (TPSA) is 68.3 Å². The van der Waals surface area contributed by atoms with Crippen LogP contribution in [0.25, 0.3) is 5.70 Å². The third kappa shape index (κ3) is 3.53. The molecule has 16 heavy (non-hydrogen) atoms. The number of esters is 1. The van der Waals surface area contributed by atoms with Crippen LogP contribution in [0, 0.1) is 0 Å². The first-order valence-corrected chi connectivity index (χ1v) is 4.61. The van der Waals surface area contributed by atoms with Gasteiger partial charge in [0.15, 0.2) is 0 Å². The Morgan fingerprint density at radius 3 is 2.75 bits per heavy atom. The van der Waals surface area contributed by atoms with Gasteiger partial charge < -0.3 is 10.1 Å². The summed E-state index contributed by atoms with van der Waals surface area (Å²) >= 11 is 0. The number of amides is 1. The molecule has 0 saturated heterocycles. The molecular formula is C11H12N2O3. The molecule has 84 valence electrons. The van der Waals surface area contributed by atoms with Crippen LogP contribution in [-0.4, -0.2) is 24.0 Å². The third-order valence-corrected chi connectivity index (χ3v) is 1.75. The molecule has 0 radical (unpaired) electrons. The Morgan fingerprint density at radius 2 is 2.25 bits per heavy atom. The summed E-state index contributed by atoms with van der Waals surface area (Å²) in [6.07, 6.45) is 4.36. The summed E-state index contributed by atoms with van der Waals surface area (Å²) in [6.45, 7) is 1.36. The molecule has 0 atom stereocenters. The van der Waals surface area contributed by atoms with Gasteiger partial charge in [-0.1, -0.05) is 0 Å². The van der Waals surface area contributed by atoms with Crippen molar-refractivity contribution in [2.75, 3.05) is 7.11 Å². The zero-order valence-corrected chi connectivity index (χ0v) is 9.06. The molecule has 0 aromatic carbocycles. The van der Waals surface area contributed by atoms with Crippen LogP contribution in [0.15, 0.2) is 30.6 Å². The molecule has 1 heterocycles. The fourth-order valence-electron chi connectivity index (χ4n) is 1.08. The van der Waals surface area contributed by atoms with Gasteiger partial charge in [-0.2, -0.15) is 0 Å². The van der Waals surface area contributed by atoms with E-state index in [1.54, 1.807) is 24.5 Å². The van der Waals surface area contributed by atoms with E-state index < -0.39 is 5.97 Å². The van der Waals surface area contributed by atoms with Crippen molar-refractivity contribution in [3.63, 3.8) is 0 Å². The number of ether oxygens (including phenoxy) is 1. The van der Waals surface area contributed by atoms with Crippen molar-refractivity contribution >= 4 is 17.6 Å². The summed E-state index contributed by atoms with van der Waals surface area (Å²) < 4.78 is 4.50. The summed E-state index contributed by atoms with van der Waals surface area (Å²) in [4.78, 5) is 26.0. The Morgan fingerprint density at radius 1 is 1.50 bits per heavy atom. The number of pyridine rings is 1. The normalized spacial score (nSPS) is 10.8. The van der Waals surface area contributed by atoms with E-state index >= 15 is 0 Å². The first-order chi connectivity index (χ1) is 7.63. The molecule has 1 amide bonds. The van der Waals surface area contributed by atoms with Crippen molar-refractivity contribution in [2.45, 2.75) is 6.92 Å². The fraction of sp³-hybridized carbons (Fsp3) is 0.182. The summed E-state index contributed by atoms with van der Waals surface area (Å²) in [5.41, 5.74) is 1.01. The lowest BCUT2D eigenvalue weighted by Gasteiger charge is -2.07. The lowest BCUT2D eigenvalue weighted by molar-refractivity contribution is -0.134. The summed E-state index contributed by atoms with van der Waals surface area (Å²) in [5.74, 6) is -0.799. The number of hydrogen-bond acceptors (Lipinski definition) is 4. The standard InChI is InChI=1S/C11H12N2O3/c1-8(14)13-10(6-11(15)16-2)9-4-3-5-12-7-9/h3-7H,1-2H3,(H,13,14)/b10-6-. The van der Waals surface area contributed by atoms with Gasteiger partial charge in [-0.25, -0.2) is 4.79 Å². The molecule has 0 aliphatic rings. The van der Waals surface area contributed by atoms with Crippen LogP contribution in [0.2, 0.25) is 0 Å². The Bertz CT molecular complexity index is 412. The zero-order chi connectivity index (χ0) is 12.0. The van der Waals surface area contributed by atoms with Gasteiger partial charge in [-0.15, -0.1) is 0 Å². The number of carbonyl (C=O) groups is 2. The van der Waals surface area contributed by atoms with E-state index in [1.165, 1.54) is 20.1 Å². The Hall–Kier alpha value is -2.17. The van der Waals surface area contributed by atoms with Gasteiger partial charge in [0, 0.05) is 31.0 Å². The first kappa shape index (κ1) is 11.9. The van der Waals surface area contributed by atoms with Gasteiger partial charge in [0.05, 0.1) is 12.8 Å². The largest absolute Gasteiger partial charge is 0.466 e. The minimum Gasteiger partial charge on any atom is -0.466 e. The molecule has 0 bridgehead atoms. The number of nitrogens with zero attached hydrogens (tertiary/aromatic N) is 1. The van der Waals surface area contributed by atoms with Crippen LogP contribution in [0.5, 0.6) is 0 Å². The summed E-state index contributed by atoms with van der Waals surface area (Å²) in [5, 5.41) is 2.54. The minimum absolute atomic E-state index is 0.265. The average molecular weight is 220 g/mol. The Kier molecular flexibility index (Phi) is 4.20. The van der Waals surface area contributed by atoms with Crippen LogP contribution in [0.1, 0.15) is 12.5 Å². The van der Waals surface area contributed by atoms with E-state index in [0.717, 1.165) is 0 Å². The van der Waals surface area contributed by atoms with E-state index in [9.17, 15) is 9.59 Å². The molecule has 0 spiro atoms. The molecule has 0 fully saturated rings. The van der Waals surface area contributed by atoms with Crippen LogP contribution >= 0.6 is 0 Å². The van der Waals surface area contributed by atoms with Crippen molar-refractivity contribution in [3.05, 3.63) is 36.2 Å². The average Bonchev–Trinajstić information content (AvgIpc) is 2.28. The predicted octanol–water partition coefficient (Wildman–Crippen LogP) is 0.732. The Balaban J connectivity index is 3.01. The van der Waals surface area contributed by atoms with E-state index in [-0.39, 0.29) is 5.91 Å². The van der Waals surface area contributed by atoms with Gasteiger partial charge in [0.1, 0.15) is 0 Å². The van der Waals surface area contributed by atoms with Crippen molar-refractivity contribution in [3.8, 4) is 0 Å². The van der Waals surface area contributed by atoms with Crippen LogP contribution in [0.4, 0.5) is 0 Å². The minimum atomic E-state index is -0.535. The van der Waals surface area contributed by atoms with Crippen LogP contribution in [0.3, 0.4) is 0 Å². The molecule has 0 saturated carbocycles. The Labute approximate surface area is 93.1 Å². The number of nitrogens with one attached hydrogen (secondary N) is 1. The maximum Gasteiger partial charge on any atom is 0.332 e. The van der Waals surface area contributed by atoms with Crippen molar-refractivity contribution in [1.29, 1.82) is 0 Å². The summed E-state index contributed by atoms with van der Waals surface area (Å²) in [7, 11) is 1.27. The van der Waals surface area contributed by atoms with Gasteiger partial charge >= 0.3 is 5.97 Å². The van der Waals surface area contributed by atoms with Crippen molar-refractivity contribution < 1.29 is 14.3 Å². The molecule has 0 aliphatic heterocycles. The van der Waals surface area contributed by atoms with E-state index in [0.29, 0.717) is 11.3 Å². The lowest BCUT2D eigenvalue weighted by Crippen LogP contribution is -2.19. The maximum atomic E-state index is 11.1. The number of hydrogen-bond donors (Lipinski definition) is 1. The first-order valence-electron chi connectivity index (χ1n) is 4.61. The van der Waals surface area contributed by atoms with Crippen LogP contribution < -0.4 is 5.32 Å². The number of methoxy groups -OCH3 is 1. The highest BCUT2D eigenvalue weighted by atomic mass is 16.5. The highest BCUT2D eigenvalue weighted by molar-refractivity contribution is 5.95. The monoisotopic (exact) mass is 220 g/mol. The maximum absolute atomic E-state index is 11.1. The van der Waals surface area contributed by atoms with Gasteiger partial charge in [0.25, 0.3) is 0 Å². The van der Waals surface area contributed by atoms with E-state index in [4.69, 9.17) is 0 Å². The zero-order valence-electron chi connectivity index (χ0n) is 9.06. The molecule has 5 heteroatoms. The highest BCUT2D eigenvalue weighted by Gasteiger charge is 2.06. The number of carbonyl (C=O) groups excluding carboxylic acids is 2. The van der Waals surface area contributed by atoms with Crippen molar-refractivity contribution in [1.82, 2.24) is 10.3 Å². The number of rotatable bonds is 3. The second-order valence-electron chi connectivity index (χ2n) is 3.00. The smallest absolute Gasteiger partial charge is 0.332 e. The predicted molar refractivity (Wildman–Crippen MR) is 58.0 cm³/mol. The molecule has 1 aromatic rings. The van der Waals surface area contributed by atoms with E-state index in [1.807, 2.05) is 0 Å². The molecule has 1 rings (SSSR count).